The Labute approximate surface area is 89.9 Å². The first-order valence-electron chi connectivity index (χ1n) is 3.73. The Kier molecular flexibility index (Phi) is 2.41. The third-order valence-corrected chi connectivity index (χ3v) is 3.93. The number of fused-ring (bicyclic) bond motifs is 1. The number of hydrogen-bond acceptors (Lipinski definition) is 3. The second-order valence-corrected chi connectivity index (χ2v) is 5.05. The molecule has 0 aliphatic rings. The number of thioether (sulfide) groups is 1. The summed E-state index contributed by atoms with van der Waals surface area (Å²) >= 11 is 9.32. The van der Waals surface area contributed by atoms with Gasteiger partial charge in [0.25, 0.3) is 0 Å². The molecule has 0 spiro atoms. The number of halogens is 1. The van der Waals surface area contributed by atoms with Crippen LogP contribution in [-0.4, -0.2) is 6.26 Å². The van der Waals surface area contributed by atoms with Crippen molar-refractivity contribution in [3.8, 4) is 0 Å². The number of thiophene rings is 1. The normalized spacial score (nSPS) is 10.9. The summed E-state index contributed by atoms with van der Waals surface area (Å²) in [5.74, 6) is 0. The lowest BCUT2D eigenvalue weighted by Crippen LogP contribution is -1.73. The minimum atomic E-state index is 0.795. The molecule has 0 radical (unpaired) electrons. The highest BCUT2D eigenvalue weighted by atomic mass is 35.5. The molecule has 1 heterocycles. The van der Waals surface area contributed by atoms with E-state index in [0.29, 0.717) is 0 Å². The van der Waals surface area contributed by atoms with Crippen molar-refractivity contribution in [1.82, 2.24) is 0 Å². The maximum absolute atomic E-state index is 6.10. The van der Waals surface area contributed by atoms with E-state index in [1.165, 1.54) is 16.2 Å². The molecule has 0 unspecified atom stereocenters. The Morgan fingerprint density at radius 3 is 2.85 bits per heavy atom. The molecule has 0 aliphatic carbocycles. The molecule has 0 saturated heterocycles. The third kappa shape index (κ3) is 1.64. The first kappa shape index (κ1) is 9.19. The second-order valence-electron chi connectivity index (χ2n) is 2.68. The third-order valence-electron chi connectivity index (χ3n) is 1.80. The van der Waals surface area contributed by atoms with Crippen LogP contribution < -0.4 is 5.73 Å². The Bertz CT molecular complexity index is 450. The molecule has 2 rings (SSSR count). The van der Waals surface area contributed by atoms with Gasteiger partial charge in [-0.05, 0) is 29.8 Å². The largest absolute Gasteiger partial charge is 0.391 e. The monoisotopic (exact) mass is 229 g/mol. The highest BCUT2D eigenvalue weighted by Gasteiger charge is 2.05. The SMILES string of the molecule is CSc1cc(Cl)c2sc(N)cc2c1. The number of nitrogen functional groups attached to an aromatic ring is 1. The summed E-state index contributed by atoms with van der Waals surface area (Å²) < 4.78 is 1.08. The van der Waals surface area contributed by atoms with Gasteiger partial charge in [-0.2, -0.15) is 0 Å². The van der Waals surface area contributed by atoms with Gasteiger partial charge in [-0.1, -0.05) is 11.6 Å². The summed E-state index contributed by atoms with van der Waals surface area (Å²) in [6.07, 6.45) is 2.03. The van der Waals surface area contributed by atoms with E-state index in [9.17, 15) is 0 Å². The van der Waals surface area contributed by atoms with Crippen LogP contribution in [0.4, 0.5) is 5.00 Å². The van der Waals surface area contributed by atoms with Crippen molar-refractivity contribution in [2.45, 2.75) is 4.90 Å². The molecule has 13 heavy (non-hydrogen) atoms. The summed E-state index contributed by atoms with van der Waals surface area (Å²) in [6.45, 7) is 0. The maximum Gasteiger partial charge on any atom is 0.0869 e. The van der Waals surface area contributed by atoms with Crippen molar-refractivity contribution in [3.63, 3.8) is 0 Å². The topological polar surface area (TPSA) is 26.0 Å². The van der Waals surface area contributed by atoms with Crippen molar-refractivity contribution < 1.29 is 0 Å². The van der Waals surface area contributed by atoms with Gasteiger partial charge in [-0.15, -0.1) is 23.1 Å². The zero-order valence-electron chi connectivity index (χ0n) is 7.00. The summed E-state index contributed by atoms with van der Waals surface area (Å²) in [5.41, 5.74) is 5.70. The number of benzene rings is 1. The van der Waals surface area contributed by atoms with E-state index in [1.807, 2.05) is 18.4 Å². The van der Waals surface area contributed by atoms with Crippen LogP contribution in [0.15, 0.2) is 23.1 Å². The summed E-state index contributed by atoms with van der Waals surface area (Å²) in [5, 5.41) is 2.75. The lowest BCUT2D eigenvalue weighted by molar-refractivity contribution is 1.53. The lowest BCUT2D eigenvalue weighted by Gasteiger charge is -1.98. The molecule has 0 atom stereocenters. The molecular formula is C9H8ClNS2. The van der Waals surface area contributed by atoms with Crippen molar-refractivity contribution in [2.75, 3.05) is 12.0 Å². The van der Waals surface area contributed by atoms with Gasteiger partial charge in [0.2, 0.25) is 0 Å². The van der Waals surface area contributed by atoms with E-state index in [0.717, 1.165) is 20.1 Å². The Hall–Kier alpha value is -0.380. The van der Waals surface area contributed by atoms with E-state index < -0.39 is 0 Å². The zero-order valence-corrected chi connectivity index (χ0v) is 9.39. The molecule has 1 aromatic carbocycles. The first-order chi connectivity index (χ1) is 6.20. The fraction of sp³-hybridized carbons (Fsp3) is 0.111. The van der Waals surface area contributed by atoms with Gasteiger partial charge in [0.05, 0.1) is 14.7 Å². The van der Waals surface area contributed by atoms with E-state index >= 15 is 0 Å². The van der Waals surface area contributed by atoms with Crippen LogP contribution in [0.3, 0.4) is 0 Å². The molecule has 2 N–H and O–H groups in total. The predicted octanol–water partition coefficient (Wildman–Crippen LogP) is 3.86. The molecule has 68 valence electrons. The van der Waals surface area contributed by atoms with Crippen molar-refractivity contribution >= 4 is 49.8 Å². The molecule has 0 fully saturated rings. The van der Waals surface area contributed by atoms with Crippen LogP contribution in [-0.2, 0) is 0 Å². The van der Waals surface area contributed by atoms with Gasteiger partial charge >= 0.3 is 0 Å². The van der Waals surface area contributed by atoms with Crippen LogP contribution in [0.25, 0.3) is 10.1 Å². The van der Waals surface area contributed by atoms with E-state index in [-0.39, 0.29) is 0 Å². The van der Waals surface area contributed by atoms with Crippen LogP contribution >= 0.6 is 34.7 Å². The molecule has 4 heteroatoms. The maximum atomic E-state index is 6.10. The molecule has 0 amide bonds. The molecule has 0 saturated carbocycles. The van der Waals surface area contributed by atoms with Crippen molar-refractivity contribution in [2.24, 2.45) is 0 Å². The summed E-state index contributed by atoms with van der Waals surface area (Å²) in [4.78, 5) is 1.18. The second kappa shape index (κ2) is 3.40. The minimum absolute atomic E-state index is 0.795. The van der Waals surface area contributed by atoms with Crippen LogP contribution in [0.5, 0.6) is 0 Å². The molecule has 2 aromatic rings. The number of anilines is 1. The van der Waals surface area contributed by atoms with E-state index in [4.69, 9.17) is 17.3 Å². The average Bonchev–Trinajstić information content (AvgIpc) is 2.46. The van der Waals surface area contributed by atoms with Gasteiger partial charge in [-0.3, -0.25) is 0 Å². The van der Waals surface area contributed by atoms with Crippen molar-refractivity contribution in [1.29, 1.82) is 0 Å². The standard InChI is InChI=1S/C9H8ClNS2/c1-12-6-2-5-3-8(11)13-9(5)7(10)4-6/h2-4H,11H2,1H3. The van der Waals surface area contributed by atoms with Gasteiger partial charge in [0.15, 0.2) is 0 Å². The fourth-order valence-corrected chi connectivity index (χ4v) is 2.92. The van der Waals surface area contributed by atoms with Gasteiger partial charge in [0.1, 0.15) is 0 Å². The quantitative estimate of drug-likeness (QED) is 0.752. The van der Waals surface area contributed by atoms with Crippen LogP contribution in [0.1, 0.15) is 0 Å². The first-order valence-corrected chi connectivity index (χ1v) is 6.15. The molecule has 1 aromatic heterocycles. The molecule has 0 bridgehead atoms. The smallest absolute Gasteiger partial charge is 0.0869 e. The van der Waals surface area contributed by atoms with Gasteiger partial charge < -0.3 is 5.73 Å². The summed E-state index contributed by atoms with van der Waals surface area (Å²) in [6, 6.07) is 6.05. The number of hydrogen-bond donors (Lipinski definition) is 1. The van der Waals surface area contributed by atoms with Crippen LogP contribution in [0, 0.1) is 0 Å². The van der Waals surface area contributed by atoms with E-state index in [1.54, 1.807) is 11.8 Å². The van der Waals surface area contributed by atoms with E-state index in [2.05, 4.69) is 6.07 Å². The number of nitrogens with two attached hydrogens (primary N) is 1. The minimum Gasteiger partial charge on any atom is -0.391 e. The highest BCUT2D eigenvalue weighted by Crippen LogP contribution is 2.36. The number of rotatable bonds is 1. The highest BCUT2D eigenvalue weighted by molar-refractivity contribution is 7.98. The Morgan fingerprint density at radius 1 is 1.38 bits per heavy atom. The Balaban J connectivity index is 2.75. The van der Waals surface area contributed by atoms with Crippen molar-refractivity contribution in [3.05, 3.63) is 23.2 Å². The fourth-order valence-electron chi connectivity index (χ4n) is 1.22. The lowest BCUT2D eigenvalue weighted by atomic mass is 10.3. The summed E-state index contributed by atoms with van der Waals surface area (Å²) in [7, 11) is 0. The average molecular weight is 230 g/mol. The Morgan fingerprint density at radius 2 is 2.15 bits per heavy atom. The van der Waals surface area contributed by atoms with Gasteiger partial charge in [0, 0.05) is 4.90 Å². The van der Waals surface area contributed by atoms with Crippen LogP contribution in [0.2, 0.25) is 5.02 Å². The predicted molar refractivity (Wildman–Crippen MR) is 63.0 cm³/mol. The molecular weight excluding hydrogens is 222 g/mol. The van der Waals surface area contributed by atoms with Gasteiger partial charge in [-0.25, -0.2) is 0 Å². The molecule has 0 aliphatic heterocycles. The zero-order chi connectivity index (χ0) is 9.42. The molecule has 1 nitrogen and oxygen atoms in total.